The lowest BCUT2D eigenvalue weighted by Gasteiger charge is -2.40. The predicted octanol–water partition coefficient (Wildman–Crippen LogP) is -0.486. The average molecular weight is 249 g/mol. The number of ether oxygens (including phenoxy) is 1. The van der Waals surface area contributed by atoms with Crippen molar-refractivity contribution < 1.29 is 4.74 Å². The molecule has 1 radical (unpaired) electrons. The fraction of sp³-hybridized carbons (Fsp3) is 0.667. The summed E-state index contributed by atoms with van der Waals surface area (Å²) in [5.74, 6) is 0.482. The zero-order valence-electron chi connectivity index (χ0n) is 10.2. The van der Waals surface area contributed by atoms with Crippen LogP contribution in [0.25, 0.3) is 0 Å². The first-order valence-electron chi connectivity index (χ1n) is 6.25. The maximum Gasteiger partial charge on any atom is 0.291 e. The third-order valence-electron chi connectivity index (χ3n) is 4.17. The van der Waals surface area contributed by atoms with Crippen molar-refractivity contribution in [3.63, 3.8) is 0 Å². The standard InChI is InChI=1S/C12H17N4O2/c13-9-7-18-8-12(9)1-5-16(6-2-12)10-11(17)15-4-3-14-10/h3,9H,1-2,5-8,13H2,(H,15,17)/t9-/m0/s1. The minimum absolute atomic E-state index is 0.101. The summed E-state index contributed by atoms with van der Waals surface area (Å²) in [6.45, 7) is 3.00. The van der Waals surface area contributed by atoms with E-state index < -0.39 is 0 Å². The number of anilines is 1. The van der Waals surface area contributed by atoms with E-state index in [1.54, 1.807) is 0 Å². The molecule has 3 heterocycles. The highest BCUT2D eigenvalue weighted by molar-refractivity contribution is 5.36. The van der Waals surface area contributed by atoms with E-state index in [4.69, 9.17) is 10.5 Å². The highest BCUT2D eigenvalue weighted by Crippen LogP contribution is 2.38. The van der Waals surface area contributed by atoms with Crippen LogP contribution in [0.5, 0.6) is 0 Å². The van der Waals surface area contributed by atoms with Crippen molar-refractivity contribution in [3.05, 3.63) is 22.7 Å². The van der Waals surface area contributed by atoms with E-state index in [9.17, 15) is 4.79 Å². The van der Waals surface area contributed by atoms with Crippen molar-refractivity contribution >= 4 is 5.82 Å². The first-order valence-corrected chi connectivity index (χ1v) is 6.25. The quantitative estimate of drug-likeness (QED) is 0.702. The third kappa shape index (κ3) is 1.81. The van der Waals surface area contributed by atoms with E-state index in [2.05, 4.69) is 16.2 Å². The molecule has 1 atom stereocenters. The molecular weight excluding hydrogens is 232 g/mol. The Labute approximate surface area is 105 Å². The van der Waals surface area contributed by atoms with Crippen LogP contribution in [-0.2, 0) is 4.74 Å². The Balaban J connectivity index is 1.74. The molecule has 2 aliphatic rings. The van der Waals surface area contributed by atoms with Crippen molar-refractivity contribution in [1.82, 2.24) is 9.97 Å². The Morgan fingerprint density at radius 2 is 2.33 bits per heavy atom. The van der Waals surface area contributed by atoms with Crippen molar-refractivity contribution in [2.24, 2.45) is 11.1 Å². The predicted molar refractivity (Wildman–Crippen MR) is 66.4 cm³/mol. The minimum Gasteiger partial charge on any atom is -0.379 e. The number of aromatic amines is 1. The Morgan fingerprint density at radius 3 is 2.94 bits per heavy atom. The zero-order chi connectivity index (χ0) is 12.6. The Kier molecular flexibility index (Phi) is 2.83. The number of aromatic nitrogens is 2. The van der Waals surface area contributed by atoms with Gasteiger partial charge in [0.2, 0.25) is 0 Å². The van der Waals surface area contributed by atoms with Crippen LogP contribution < -0.4 is 16.2 Å². The van der Waals surface area contributed by atoms with E-state index in [1.165, 1.54) is 6.20 Å². The summed E-state index contributed by atoms with van der Waals surface area (Å²) in [4.78, 5) is 20.3. The van der Waals surface area contributed by atoms with Crippen LogP contribution in [0.4, 0.5) is 5.82 Å². The average Bonchev–Trinajstić information content (AvgIpc) is 2.73. The van der Waals surface area contributed by atoms with Gasteiger partial charge < -0.3 is 20.4 Å². The van der Waals surface area contributed by atoms with E-state index in [0.717, 1.165) is 32.5 Å². The normalized spacial score (nSPS) is 26.7. The molecule has 6 heteroatoms. The van der Waals surface area contributed by atoms with Gasteiger partial charge in [-0.3, -0.25) is 4.79 Å². The molecule has 3 rings (SSSR count). The number of hydrogen-bond acceptors (Lipinski definition) is 5. The smallest absolute Gasteiger partial charge is 0.291 e. The first-order chi connectivity index (χ1) is 8.71. The summed E-state index contributed by atoms with van der Waals surface area (Å²) in [7, 11) is 0. The molecule has 0 saturated carbocycles. The molecule has 1 aromatic rings. The molecule has 97 valence electrons. The SMILES string of the molecule is N[C@H]1COCC12CCN(c1nc[c][nH]c1=O)CC2. The van der Waals surface area contributed by atoms with Crippen LogP contribution in [0.3, 0.4) is 0 Å². The number of nitrogens with zero attached hydrogens (tertiary/aromatic N) is 2. The summed E-state index contributed by atoms with van der Waals surface area (Å²) in [5.41, 5.74) is 6.05. The Morgan fingerprint density at radius 1 is 1.56 bits per heavy atom. The summed E-state index contributed by atoms with van der Waals surface area (Å²) in [6, 6.07) is 0.120. The molecule has 6 nitrogen and oxygen atoms in total. The van der Waals surface area contributed by atoms with E-state index in [0.29, 0.717) is 12.4 Å². The van der Waals surface area contributed by atoms with Crippen molar-refractivity contribution in [1.29, 1.82) is 0 Å². The Hall–Kier alpha value is -1.40. The van der Waals surface area contributed by atoms with Gasteiger partial charge >= 0.3 is 0 Å². The molecule has 2 saturated heterocycles. The van der Waals surface area contributed by atoms with Gasteiger partial charge in [0.05, 0.1) is 25.6 Å². The second-order valence-electron chi connectivity index (χ2n) is 5.15. The highest BCUT2D eigenvalue weighted by atomic mass is 16.5. The largest absolute Gasteiger partial charge is 0.379 e. The Bertz CT molecular complexity index is 479. The first kappa shape index (κ1) is 11.7. The van der Waals surface area contributed by atoms with Gasteiger partial charge in [0.25, 0.3) is 5.56 Å². The molecule has 3 N–H and O–H groups in total. The minimum atomic E-state index is -0.180. The van der Waals surface area contributed by atoms with Gasteiger partial charge in [-0.25, -0.2) is 4.98 Å². The number of rotatable bonds is 1. The molecule has 18 heavy (non-hydrogen) atoms. The lowest BCUT2D eigenvalue weighted by Crippen LogP contribution is -2.50. The number of nitrogens with two attached hydrogens (primary N) is 1. The van der Waals surface area contributed by atoms with Crippen LogP contribution in [0.2, 0.25) is 0 Å². The number of hydrogen-bond donors (Lipinski definition) is 2. The van der Waals surface area contributed by atoms with E-state index in [1.807, 2.05) is 4.90 Å². The van der Waals surface area contributed by atoms with Gasteiger partial charge in [0.1, 0.15) is 0 Å². The summed E-state index contributed by atoms with van der Waals surface area (Å²) in [6.07, 6.45) is 5.98. The monoisotopic (exact) mass is 249 g/mol. The van der Waals surface area contributed by atoms with Gasteiger partial charge in [0, 0.05) is 24.5 Å². The van der Waals surface area contributed by atoms with Crippen LogP contribution in [0.1, 0.15) is 12.8 Å². The molecule has 2 fully saturated rings. The van der Waals surface area contributed by atoms with E-state index >= 15 is 0 Å². The van der Waals surface area contributed by atoms with Crippen molar-refractivity contribution in [3.8, 4) is 0 Å². The van der Waals surface area contributed by atoms with Gasteiger partial charge in [-0.2, -0.15) is 0 Å². The molecule has 0 amide bonds. The maximum absolute atomic E-state index is 11.7. The van der Waals surface area contributed by atoms with E-state index in [-0.39, 0.29) is 17.0 Å². The molecular formula is C12H17N4O2. The number of nitrogens with one attached hydrogen (secondary N) is 1. The summed E-state index contributed by atoms with van der Waals surface area (Å²) < 4.78 is 5.48. The van der Waals surface area contributed by atoms with Crippen molar-refractivity contribution in [2.75, 3.05) is 31.2 Å². The van der Waals surface area contributed by atoms with Gasteiger partial charge in [-0.15, -0.1) is 0 Å². The lowest BCUT2D eigenvalue weighted by atomic mass is 9.75. The topological polar surface area (TPSA) is 84.2 Å². The molecule has 0 unspecified atom stereocenters. The zero-order valence-corrected chi connectivity index (χ0v) is 10.2. The molecule has 0 aromatic carbocycles. The van der Waals surface area contributed by atoms with Gasteiger partial charge in [-0.1, -0.05) is 0 Å². The molecule has 0 aliphatic carbocycles. The molecule has 1 spiro atoms. The fourth-order valence-corrected chi connectivity index (χ4v) is 2.88. The third-order valence-corrected chi connectivity index (χ3v) is 4.17. The van der Waals surface area contributed by atoms with Crippen LogP contribution in [-0.4, -0.2) is 42.3 Å². The maximum atomic E-state index is 11.7. The fourth-order valence-electron chi connectivity index (χ4n) is 2.88. The van der Waals surface area contributed by atoms with Gasteiger partial charge in [0.15, 0.2) is 5.82 Å². The summed E-state index contributed by atoms with van der Waals surface area (Å²) >= 11 is 0. The molecule has 2 aliphatic heterocycles. The highest BCUT2D eigenvalue weighted by Gasteiger charge is 2.44. The molecule has 1 aromatic heterocycles. The number of H-pyrrole nitrogens is 1. The second kappa shape index (κ2) is 4.37. The van der Waals surface area contributed by atoms with Crippen molar-refractivity contribution in [2.45, 2.75) is 18.9 Å². The summed E-state index contributed by atoms with van der Waals surface area (Å²) in [5, 5.41) is 0. The second-order valence-corrected chi connectivity index (χ2v) is 5.15. The lowest BCUT2D eigenvalue weighted by molar-refractivity contribution is 0.131. The van der Waals surface area contributed by atoms with Crippen LogP contribution >= 0.6 is 0 Å². The molecule has 0 bridgehead atoms. The van der Waals surface area contributed by atoms with Crippen LogP contribution in [0.15, 0.2) is 11.0 Å². The number of piperidine rings is 1. The van der Waals surface area contributed by atoms with Gasteiger partial charge in [-0.05, 0) is 12.8 Å². The van der Waals surface area contributed by atoms with Crippen LogP contribution in [0, 0.1) is 11.6 Å².